The molecule has 3 aromatic rings. The maximum Gasteiger partial charge on any atom is 0.214 e. The van der Waals surface area contributed by atoms with Gasteiger partial charge in [-0.25, -0.2) is 14.5 Å². The number of anilines is 1. The molecule has 0 aromatic carbocycles. The third-order valence-corrected chi connectivity index (χ3v) is 6.28. The van der Waals surface area contributed by atoms with E-state index in [9.17, 15) is 0 Å². The third kappa shape index (κ3) is 2.17. The second-order valence-corrected chi connectivity index (χ2v) is 7.95. The standard InChI is InChI=1S/C17H22N6S/c1-11-9-22-16(18-11)24-17(20-22)21-8-7-13(10-21)23-12(2)19-14-5-3-4-6-15(14)23/h9,13H,3-8,10H2,1-2H3. The summed E-state index contributed by atoms with van der Waals surface area (Å²) in [7, 11) is 0. The smallest absolute Gasteiger partial charge is 0.214 e. The van der Waals surface area contributed by atoms with Crippen molar-refractivity contribution in [1.82, 2.24) is 24.1 Å². The van der Waals surface area contributed by atoms with Crippen LogP contribution in [0.1, 0.15) is 48.2 Å². The molecule has 1 aliphatic carbocycles. The van der Waals surface area contributed by atoms with Crippen LogP contribution in [0.5, 0.6) is 0 Å². The lowest BCUT2D eigenvalue weighted by Crippen LogP contribution is -2.22. The highest BCUT2D eigenvalue weighted by Gasteiger charge is 2.30. The Kier molecular flexibility index (Phi) is 3.20. The molecule has 2 aliphatic rings. The van der Waals surface area contributed by atoms with Crippen molar-refractivity contribution < 1.29 is 0 Å². The Balaban J connectivity index is 1.42. The van der Waals surface area contributed by atoms with E-state index < -0.39 is 0 Å². The van der Waals surface area contributed by atoms with E-state index in [0.29, 0.717) is 6.04 Å². The zero-order chi connectivity index (χ0) is 16.3. The summed E-state index contributed by atoms with van der Waals surface area (Å²) in [5, 5.41) is 5.80. The number of aromatic nitrogens is 5. The number of hydrogen-bond donors (Lipinski definition) is 0. The van der Waals surface area contributed by atoms with E-state index in [1.54, 1.807) is 11.3 Å². The predicted octanol–water partition coefficient (Wildman–Crippen LogP) is 2.93. The largest absolute Gasteiger partial charge is 0.344 e. The highest BCUT2D eigenvalue weighted by molar-refractivity contribution is 7.20. The molecule has 3 aromatic heterocycles. The SMILES string of the molecule is Cc1cn2nc(N3CCC(n4c(C)nc5c4CCCC5)C3)sc2n1. The zero-order valence-corrected chi connectivity index (χ0v) is 15.0. The van der Waals surface area contributed by atoms with Gasteiger partial charge in [0, 0.05) is 18.8 Å². The summed E-state index contributed by atoms with van der Waals surface area (Å²) in [6.45, 7) is 6.27. The van der Waals surface area contributed by atoms with Crippen molar-refractivity contribution in [2.45, 2.75) is 52.0 Å². The minimum Gasteiger partial charge on any atom is -0.344 e. The van der Waals surface area contributed by atoms with E-state index in [-0.39, 0.29) is 0 Å². The number of nitrogens with zero attached hydrogens (tertiary/aromatic N) is 6. The van der Waals surface area contributed by atoms with Crippen LogP contribution in [-0.4, -0.2) is 37.2 Å². The van der Waals surface area contributed by atoms with Gasteiger partial charge in [0.2, 0.25) is 10.1 Å². The first kappa shape index (κ1) is 14.5. The molecule has 0 radical (unpaired) electrons. The minimum absolute atomic E-state index is 0.525. The van der Waals surface area contributed by atoms with Crippen molar-refractivity contribution in [3.05, 3.63) is 29.1 Å². The van der Waals surface area contributed by atoms with Gasteiger partial charge in [-0.2, -0.15) is 0 Å². The third-order valence-electron chi connectivity index (χ3n) is 5.30. The van der Waals surface area contributed by atoms with E-state index in [4.69, 9.17) is 10.1 Å². The second kappa shape index (κ2) is 5.31. The Labute approximate surface area is 145 Å². The van der Waals surface area contributed by atoms with Gasteiger partial charge >= 0.3 is 0 Å². The van der Waals surface area contributed by atoms with Crippen LogP contribution in [0, 0.1) is 13.8 Å². The molecular weight excluding hydrogens is 320 g/mol. The van der Waals surface area contributed by atoms with Crippen molar-refractivity contribution in [2.75, 3.05) is 18.0 Å². The molecule has 1 atom stereocenters. The summed E-state index contributed by atoms with van der Waals surface area (Å²) in [6.07, 6.45) is 8.11. The van der Waals surface area contributed by atoms with Crippen LogP contribution < -0.4 is 4.90 Å². The van der Waals surface area contributed by atoms with Gasteiger partial charge in [0.15, 0.2) is 0 Å². The first-order valence-corrected chi connectivity index (χ1v) is 9.65. The molecule has 0 saturated carbocycles. The van der Waals surface area contributed by atoms with Crippen LogP contribution in [0.2, 0.25) is 0 Å². The van der Waals surface area contributed by atoms with Gasteiger partial charge < -0.3 is 9.47 Å². The Bertz CT molecular complexity index is 872. The van der Waals surface area contributed by atoms with Gasteiger partial charge in [0.1, 0.15) is 5.82 Å². The van der Waals surface area contributed by atoms with Gasteiger partial charge in [0.05, 0.1) is 23.6 Å². The summed E-state index contributed by atoms with van der Waals surface area (Å²) in [6, 6.07) is 0.525. The fourth-order valence-corrected chi connectivity index (χ4v) is 5.20. The zero-order valence-electron chi connectivity index (χ0n) is 14.2. The summed E-state index contributed by atoms with van der Waals surface area (Å²) in [5.41, 5.74) is 3.87. The molecule has 4 heterocycles. The fourth-order valence-electron chi connectivity index (χ4n) is 4.24. The first-order valence-electron chi connectivity index (χ1n) is 8.83. The Hall–Kier alpha value is -1.89. The lowest BCUT2D eigenvalue weighted by molar-refractivity contribution is 0.505. The quantitative estimate of drug-likeness (QED) is 0.718. The molecule has 1 saturated heterocycles. The lowest BCUT2D eigenvalue weighted by Gasteiger charge is -2.21. The fraction of sp³-hybridized carbons (Fsp3) is 0.588. The van der Waals surface area contributed by atoms with Crippen LogP contribution in [-0.2, 0) is 12.8 Å². The Morgan fingerprint density at radius 3 is 2.92 bits per heavy atom. The van der Waals surface area contributed by atoms with E-state index >= 15 is 0 Å². The molecule has 1 aliphatic heterocycles. The van der Waals surface area contributed by atoms with Gasteiger partial charge in [0.25, 0.3) is 0 Å². The molecule has 24 heavy (non-hydrogen) atoms. The average Bonchev–Trinajstić information content (AvgIpc) is 3.27. The van der Waals surface area contributed by atoms with Crippen LogP contribution in [0.15, 0.2) is 6.20 Å². The van der Waals surface area contributed by atoms with Gasteiger partial charge in [-0.1, -0.05) is 11.3 Å². The number of aryl methyl sites for hydroxylation is 3. The molecule has 5 rings (SSSR count). The molecule has 0 amide bonds. The molecular formula is C17H22N6S. The van der Waals surface area contributed by atoms with Gasteiger partial charge in [-0.05, 0) is 46.0 Å². The normalized spacial score (nSPS) is 20.9. The van der Waals surface area contributed by atoms with E-state index in [1.165, 1.54) is 42.9 Å². The molecule has 7 heteroatoms. The summed E-state index contributed by atoms with van der Waals surface area (Å²) < 4.78 is 4.43. The van der Waals surface area contributed by atoms with Crippen molar-refractivity contribution in [3.63, 3.8) is 0 Å². The predicted molar refractivity (Wildman–Crippen MR) is 95.1 cm³/mol. The maximum absolute atomic E-state index is 4.85. The summed E-state index contributed by atoms with van der Waals surface area (Å²) in [4.78, 5) is 12.8. The number of hydrogen-bond acceptors (Lipinski definition) is 5. The monoisotopic (exact) mass is 342 g/mol. The second-order valence-electron chi connectivity index (χ2n) is 7.01. The molecule has 126 valence electrons. The molecule has 1 fully saturated rings. The van der Waals surface area contributed by atoms with Crippen LogP contribution in [0.25, 0.3) is 4.96 Å². The van der Waals surface area contributed by atoms with Gasteiger partial charge in [-0.15, -0.1) is 5.10 Å². The highest BCUT2D eigenvalue weighted by atomic mass is 32.1. The summed E-state index contributed by atoms with van der Waals surface area (Å²) >= 11 is 1.69. The lowest BCUT2D eigenvalue weighted by atomic mass is 10.0. The van der Waals surface area contributed by atoms with Crippen molar-refractivity contribution in [2.24, 2.45) is 0 Å². The van der Waals surface area contributed by atoms with E-state index in [2.05, 4.69) is 21.4 Å². The molecule has 0 bridgehead atoms. The first-order chi connectivity index (χ1) is 11.7. The average molecular weight is 342 g/mol. The number of imidazole rings is 2. The Morgan fingerprint density at radius 2 is 2.04 bits per heavy atom. The van der Waals surface area contributed by atoms with Crippen molar-refractivity contribution in [3.8, 4) is 0 Å². The topological polar surface area (TPSA) is 51.2 Å². The molecule has 0 N–H and O–H groups in total. The van der Waals surface area contributed by atoms with Gasteiger partial charge in [-0.3, -0.25) is 0 Å². The van der Waals surface area contributed by atoms with Crippen LogP contribution in [0.4, 0.5) is 5.13 Å². The number of rotatable bonds is 2. The van der Waals surface area contributed by atoms with Crippen molar-refractivity contribution >= 4 is 21.4 Å². The molecule has 6 nitrogen and oxygen atoms in total. The van der Waals surface area contributed by atoms with Crippen LogP contribution >= 0.6 is 11.3 Å². The highest BCUT2D eigenvalue weighted by Crippen LogP contribution is 2.33. The van der Waals surface area contributed by atoms with E-state index in [0.717, 1.165) is 35.3 Å². The molecule has 1 unspecified atom stereocenters. The maximum atomic E-state index is 4.85. The minimum atomic E-state index is 0.525. The number of fused-ring (bicyclic) bond motifs is 2. The van der Waals surface area contributed by atoms with Crippen molar-refractivity contribution in [1.29, 1.82) is 0 Å². The Morgan fingerprint density at radius 1 is 1.17 bits per heavy atom. The summed E-state index contributed by atoms with van der Waals surface area (Å²) in [5.74, 6) is 1.19. The van der Waals surface area contributed by atoms with Crippen LogP contribution in [0.3, 0.4) is 0 Å². The molecule has 0 spiro atoms. The van der Waals surface area contributed by atoms with E-state index in [1.807, 2.05) is 17.6 Å².